The SMILES string of the molecule is COc1ccc(CN(C)C(=O)C2=NN(c3ccccc3)C(=O)CC2)c(OC)c1. The van der Waals surface area contributed by atoms with Crippen molar-refractivity contribution in [1.29, 1.82) is 0 Å². The average Bonchev–Trinajstić information content (AvgIpc) is 2.74. The molecule has 0 N–H and O–H groups in total. The van der Waals surface area contributed by atoms with E-state index in [1.54, 1.807) is 44.4 Å². The molecule has 2 aromatic rings. The molecule has 0 fully saturated rings. The second kappa shape index (κ2) is 8.56. The fourth-order valence-electron chi connectivity index (χ4n) is 3.01. The van der Waals surface area contributed by atoms with Gasteiger partial charge in [0.05, 0.1) is 19.9 Å². The maximum absolute atomic E-state index is 12.9. The predicted molar refractivity (Wildman–Crippen MR) is 107 cm³/mol. The molecule has 7 nitrogen and oxygen atoms in total. The third-order valence-corrected chi connectivity index (χ3v) is 4.53. The number of hydrazone groups is 1. The fraction of sp³-hybridized carbons (Fsp3) is 0.286. The van der Waals surface area contributed by atoms with E-state index in [9.17, 15) is 9.59 Å². The maximum atomic E-state index is 12.9. The minimum absolute atomic E-state index is 0.123. The Hall–Kier alpha value is -3.35. The van der Waals surface area contributed by atoms with Crippen LogP contribution in [0.5, 0.6) is 11.5 Å². The molecule has 28 heavy (non-hydrogen) atoms. The summed E-state index contributed by atoms with van der Waals surface area (Å²) in [6, 6.07) is 14.6. The molecule has 0 saturated carbocycles. The van der Waals surface area contributed by atoms with Crippen molar-refractivity contribution in [2.75, 3.05) is 26.3 Å². The third-order valence-electron chi connectivity index (χ3n) is 4.53. The Morgan fingerprint density at radius 3 is 2.54 bits per heavy atom. The molecule has 0 atom stereocenters. The van der Waals surface area contributed by atoms with E-state index in [-0.39, 0.29) is 18.2 Å². The molecule has 2 amide bonds. The molecule has 0 radical (unpaired) electrons. The van der Waals surface area contributed by atoms with Crippen LogP contribution < -0.4 is 14.5 Å². The summed E-state index contributed by atoms with van der Waals surface area (Å²) in [5, 5.41) is 5.63. The summed E-state index contributed by atoms with van der Waals surface area (Å²) in [4.78, 5) is 26.7. The Bertz CT molecular complexity index is 896. The first-order chi connectivity index (χ1) is 13.5. The molecular weight excluding hydrogens is 358 g/mol. The normalized spacial score (nSPS) is 13.8. The second-order valence-corrected chi connectivity index (χ2v) is 6.43. The van der Waals surface area contributed by atoms with Gasteiger partial charge in [-0.15, -0.1) is 0 Å². The van der Waals surface area contributed by atoms with Gasteiger partial charge in [-0.25, -0.2) is 5.01 Å². The molecule has 146 valence electrons. The van der Waals surface area contributed by atoms with Gasteiger partial charge in [0.15, 0.2) is 0 Å². The van der Waals surface area contributed by atoms with Crippen molar-refractivity contribution >= 4 is 23.2 Å². The maximum Gasteiger partial charge on any atom is 0.270 e. The Labute approximate surface area is 164 Å². The first-order valence-electron chi connectivity index (χ1n) is 8.95. The van der Waals surface area contributed by atoms with Crippen LogP contribution in [0.25, 0.3) is 0 Å². The number of ether oxygens (including phenoxy) is 2. The van der Waals surface area contributed by atoms with Gasteiger partial charge in [0, 0.05) is 38.1 Å². The monoisotopic (exact) mass is 381 g/mol. The Balaban J connectivity index is 1.78. The second-order valence-electron chi connectivity index (χ2n) is 6.43. The number of para-hydroxylation sites is 1. The summed E-state index contributed by atoms with van der Waals surface area (Å²) in [6.45, 7) is 0.351. The van der Waals surface area contributed by atoms with Gasteiger partial charge in [-0.2, -0.15) is 5.10 Å². The van der Waals surface area contributed by atoms with Gasteiger partial charge in [0.25, 0.3) is 5.91 Å². The number of rotatable bonds is 6. The van der Waals surface area contributed by atoms with Crippen molar-refractivity contribution < 1.29 is 19.1 Å². The minimum atomic E-state index is -0.216. The van der Waals surface area contributed by atoms with Crippen LogP contribution in [0.4, 0.5) is 5.69 Å². The number of methoxy groups -OCH3 is 2. The highest BCUT2D eigenvalue weighted by Gasteiger charge is 2.27. The van der Waals surface area contributed by atoms with E-state index in [0.717, 1.165) is 5.56 Å². The molecule has 7 heteroatoms. The van der Waals surface area contributed by atoms with Gasteiger partial charge in [-0.1, -0.05) is 18.2 Å². The smallest absolute Gasteiger partial charge is 0.270 e. The summed E-state index contributed by atoms with van der Waals surface area (Å²) in [6.07, 6.45) is 0.574. The number of hydrogen-bond donors (Lipinski definition) is 0. The number of anilines is 1. The molecule has 0 spiro atoms. The highest BCUT2D eigenvalue weighted by Crippen LogP contribution is 2.26. The summed E-state index contributed by atoms with van der Waals surface area (Å²) in [5.74, 6) is 0.988. The number of benzene rings is 2. The van der Waals surface area contributed by atoms with E-state index in [1.165, 1.54) is 5.01 Å². The molecule has 1 heterocycles. The molecule has 1 aliphatic rings. The topological polar surface area (TPSA) is 71.4 Å². The molecule has 0 aliphatic carbocycles. The molecule has 0 saturated heterocycles. The average molecular weight is 381 g/mol. The molecule has 2 aromatic carbocycles. The predicted octanol–water partition coefficient (Wildman–Crippen LogP) is 2.85. The quantitative estimate of drug-likeness (QED) is 0.771. The summed E-state index contributed by atoms with van der Waals surface area (Å²) in [7, 11) is 4.87. The van der Waals surface area contributed by atoms with Gasteiger partial charge >= 0.3 is 0 Å². The fourth-order valence-corrected chi connectivity index (χ4v) is 3.01. The summed E-state index contributed by atoms with van der Waals surface area (Å²) < 4.78 is 10.6. The Morgan fingerprint density at radius 2 is 1.86 bits per heavy atom. The Kier molecular flexibility index (Phi) is 5.93. The molecule has 0 unspecified atom stereocenters. The van der Waals surface area contributed by atoms with Crippen LogP contribution in [0.15, 0.2) is 53.6 Å². The summed E-state index contributed by atoms with van der Waals surface area (Å²) >= 11 is 0. The van der Waals surface area contributed by atoms with Gasteiger partial charge < -0.3 is 14.4 Å². The van der Waals surface area contributed by atoms with Crippen molar-refractivity contribution in [3.63, 3.8) is 0 Å². The Morgan fingerprint density at radius 1 is 1.11 bits per heavy atom. The van der Waals surface area contributed by atoms with Crippen molar-refractivity contribution in [2.24, 2.45) is 5.10 Å². The molecule has 0 aromatic heterocycles. The lowest BCUT2D eigenvalue weighted by Gasteiger charge is -2.25. The zero-order valence-corrected chi connectivity index (χ0v) is 16.2. The van der Waals surface area contributed by atoms with Crippen molar-refractivity contribution in [3.8, 4) is 11.5 Å². The molecule has 1 aliphatic heterocycles. The lowest BCUT2D eigenvalue weighted by molar-refractivity contribution is -0.123. The van der Waals surface area contributed by atoms with E-state index < -0.39 is 0 Å². The van der Waals surface area contributed by atoms with Crippen LogP contribution in [0.2, 0.25) is 0 Å². The van der Waals surface area contributed by atoms with Gasteiger partial charge in [0.1, 0.15) is 17.2 Å². The molecular formula is C21H23N3O4. The summed E-state index contributed by atoms with van der Waals surface area (Å²) in [5.41, 5.74) is 1.86. The number of hydrogen-bond acceptors (Lipinski definition) is 5. The highest BCUT2D eigenvalue weighted by molar-refractivity contribution is 6.40. The number of amides is 2. The zero-order chi connectivity index (χ0) is 20.1. The molecule has 0 bridgehead atoms. The third kappa shape index (κ3) is 4.14. The lowest BCUT2D eigenvalue weighted by Crippen LogP contribution is -2.39. The van der Waals surface area contributed by atoms with Crippen LogP contribution in [-0.4, -0.2) is 43.7 Å². The van der Waals surface area contributed by atoms with Crippen molar-refractivity contribution in [2.45, 2.75) is 19.4 Å². The largest absolute Gasteiger partial charge is 0.497 e. The first kappa shape index (κ1) is 19.4. The highest BCUT2D eigenvalue weighted by atomic mass is 16.5. The zero-order valence-electron chi connectivity index (χ0n) is 16.2. The number of carbonyl (C=O) groups is 2. The van der Waals surface area contributed by atoms with E-state index in [0.29, 0.717) is 35.9 Å². The van der Waals surface area contributed by atoms with E-state index in [1.807, 2.05) is 30.3 Å². The lowest BCUT2D eigenvalue weighted by atomic mass is 10.1. The van der Waals surface area contributed by atoms with Gasteiger partial charge in [-0.05, 0) is 24.3 Å². The minimum Gasteiger partial charge on any atom is -0.497 e. The van der Waals surface area contributed by atoms with Gasteiger partial charge in [0.2, 0.25) is 5.91 Å². The van der Waals surface area contributed by atoms with Crippen LogP contribution in [0.1, 0.15) is 18.4 Å². The standard InChI is InChI=1S/C21H23N3O4/c1-23(14-15-9-10-17(27-2)13-19(15)28-3)21(26)18-11-12-20(25)24(22-18)16-7-5-4-6-8-16/h4-10,13H,11-12,14H2,1-3H3. The number of carbonyl (C=O) groups excluding carboxylic acids is 2. The van der Waals surface area contributed by atoms with Crippen LogP contribution in [0, 0.1) is 0 Å². The van der Waals surface area contributed by atoms with E-state index in [4.69, 9.17) is 9.47 Å². The van der Waals surface area contributed by atoms with Crippen LogP contribution >= 0.6 is 0 Å². The molecule has 3 rings (SSSR count). The van der Waals surface area contributed by atoms with E-state index in [2.05, 4.69) is 5.10 Å². The van der Waals surface area contributed by atoms with Crippen LogP contribution in [0.3, 0.4) is 0 Å². The van der Waals surface area contributed by atoms with Crippen molar-refractivity contribution in [3.05, 3.63) is 54.1 Å². The number of nitrogens with zero attached hydrogens (tertiary/aromatic N) is 3. The van der Waals surface area contributed by atoms with Crippen LogP contribution in [-0.2, 0) is 16.1 Å². The first-order valence-corrected chi connectivity index (χ1v) is 8.95. The van der Waals surface area contributed by atoms with Crippen molar-refractivity contribution in [1.82, 2.24) is 4.90 Å². The van der Waals surface area contributed by atoms with E-state index >= 15 is 0 Å². The van der Waals surface area contributed by atoms with Gasteiger partial charge in [-0.3, -0.25) is 9.59 Å².